The zero-order valence-corrected chi connectivity index (χ0v) is 17.0. The van der Waals surface area contributed by atoms with Crippen LogP contribution in [0.2, 0.25) is 0 Å². The van der Waals surface area contributed by atoms with Crippen molar-refractivity contribution >= 4 is 17.5 Å². The Morgan fingerprint density at radius 3 is 2.32 bits per heavy atom. The second-order valence-corrected chi connectivity index (χ2v) is 8.15. The molecule has 1 aromatic carbocycles. The lowest BCUT2D eigenvalue weighted by atomic mass is 9.84. The second-order valence-electron chi connectivity index (χ2n) is 8.15. The number of hydrogen-bond acceptors (Lipinski definition) is 4. The molecule has 1 aliphatic heterocycles. The average molecular weight is 387 g/mol. The summed E-state index contributed by atoms with van der Waals surface area (Å²) in [6, 6.07) is 11.0. The van der Waals surface area contributed by atoms with Crippen molar-refractivity contribution in [1.82, 2.24) is 15.5 Å². The molecule has 1 saturated heterocycles. The molecular formula is C22H34N4O2. The predicted octanol–water partition coefficient (Wildman–Crippen LogP) is 2.01. The van der Waals surface area contributed by atoms with E-state index in [1.165, 1.54) is 38.4 Å². The van der Waals surface area contributed by atoms with Gasteiger partial charge in [0.05, 0.1) is 6.54 Å². The highest BCUT2D eigenvalue weighted by molar-refractivity contribution is 5.83. The Bertz CT molecular complexity index is 621. The molecule has 0 unspecified atom stereocenters. The first-order valence-electron chi connectivity index (χ1n) is 10.7. The Hall–Kier alpha value is -2.08. The van der Waals surface area contributed by atoms with Gasteiger partial charge in [0, 0.05) is 44.8 Å². The molecular weight excluding hydrogens is 352 g/mol. The van der Waals surface area contributed by atoms with Crippen molar-refractivity contribution in [3.63, 3.8) is 0 Å². The van der Waals surface area contributed by atoms with Gasteiger partial charge in [-0.3, -0.25) is 14.5 Å². The van der Waals surface area contributed by atoms with Crippen LogP contribution in [0.3, 0.4) is 0 Å². The number of piperazine rings is 1. The van der Waals surface area contributed by atoms with Crippen LogP contribution in [-0.4, -0.2) is 62.0 Å². The smallest absolute Gasteiger partial charge is 0.239 e. The zero-order chi connectivity index (χ0) is 19.8. The van der Waals surface area contributed by atoms with E-state index < -0.39 is 0 Å². The van der Waals surface area contributed by atoms with Crippen LogP contribution < -0.4 is 15.5 Å². The molecule has 6 nitrogen and oxygen atoms in total. The Balaban J connectivity index is 1.29. The third-order valence-electron chi connectivity index (χ3n) is 6.06. The molecule has 3 rings (SSSR count). The highest BCUT2D eigenvalue weighted by Gasteiger charge is 2.24. The molecule has 0 radical (unpaired) electrons. The van der Waals surface area contributed by atoms with Gasteiger partial charge in [0.25, 0.3) is 0 Å². The van der Waals surface area contributed by atoms with Gasteiger partial charge in [-0.1, -0.05) is 18.2 Å². The van der Waals surface area contributed by atoms with Gasteiger partial charge in [-0.15, -0.1) is 0 Å². The summed E-state index contributed by atoms with van der Waals surface area (Å²) in [5.41, 5.74) is 1.33. The number of nitrogens with zero attached hydrogens (tertiary/aromatic N) is 2. The maximum Gasteiger partial charge on any atom is 0.239 e. The summed E-state index contributed by atoms with van der Waals surface area (Å²) in [5.74, 6) is 0.536. The third kappa shape index (κ3) is 6.51. The first-order chi connectivity index (χ1) is 13.6. The molecule has 2 fully saturated rings. The molecule has 1 heterocycles. The number of carbonyl (C=O) groups is 2. The van der Waals surface area contributed by atoms with Gasteiger partial charge in [0.2, 0.25) is 11.8 Å². The van der Waals surface area contributed by atoms with Crippen molar-refractivity contribution in [3.05, 3.63) is 30.3 Å². The number of rotatable bonds is 7. The number of anilines is 1. The minimum atomic E-state index is -0.163. The lowest BCUT2D eigenvalue weighted by molar-refractivity contribution is -0.125. The van der Waals surface area contributed by atoms with E-state index in [0.29, 0.717) is 0 Å². The highest BCUT2D eigenvalue weighted by atomic mass is 16.2. The van der Waals surface area contributed by atoms with Gasteiger partial charge in [-0.2, -0.15) is 0 Å². The molecule has 1 aromatic rings. The monoisotopic (exact) mass is 386 g/mol. The SMILES string of the molecule is CC(=O)NCC(=O)NC1CCC(CCN2CCN(c3ccccc3)CC2)CC1. The van der Waals surface area contributed by atoms with Crippen LogP contribution in [-0.2, 0) is 9.59 Å². The molecule has 0 aromatic heterocycles. The number of amides is 2. The second kappa shape index (κ2) is 10.5. The molecule has 0 bridgehead atoms. The van der Waals surface area contributed by atoms with Crippen LogP contribution in [0.4, 0.5) is 5.69 Å². The van der Waals surface area contributed by atoms with Crippen LogP contribution >= 0.6 is 0 Å². The van der Waals surface area contributed by atoms with Crippen LogP contribution in [0, 0.1) is 5.92 Å². The van der Waals surface area contributed by atoms with Crippen molar-refractivity contribution < 1.29 is 9.59 Å². The minimum Gasteiger partial charge on any atom is -0.369 e. The normalized spacial score (nSPS) is 23.2. The van der Waals surface area contributed by atoms with Crippen LogP contribution in [0.15, 0.2) is 30.3 Å². The fraction of sp³-hybridized carbons (Fsp3) is 0.636. The average Bonchev–Trinajstić information content (AvgIpc) is 2.73. The van der Waals surface area contributed by atoms with Crippen LogP contribution in [0.25, 0.3) is 0 Å². The third-order valence-corrected chi connectivity index (χ3v) is 6.06. The molecule has 0 atom stereocenters. The molecule has 0 spiro atoms. The number of nitrogens with one attached hydrogen (secondary N) is 2. The van der Waals surface area contributed by atoms with Crippen molar-refractivity contribution in [2.45, 2.75) is 45.1 Å². The molecule has 28 heavy (non-hydrogen) atoms. The maximum atomic E-state index is 11.8. The van der Waals surface area contributed by atoms with Crippen LogP contribution in [0.1, 0.15) is 39.0 Å². The molecule has 2 aliphatic rings. The molecule has 2 N–H and O–H groups in total. The van der Waals surface area contributed by atoms with Gasteiger partial charge >= 0.3 is 0 Å². The van der Waals surface area contributed by atoms with E-state index in [2.05, 4.69) is 50.8 Å². The van der Waals surface area contributed by atoms with Gasteiger partial charge in [-0.25, -0.2) is 0 Å². The quantitative estimate of drug-likeness (QED) is 0.752. The first kappa shape index (κ1) is 20.6. The van der Waals surface area contributed by atoms with Crippen molar-refractivity contribution in [2.75, 3.05) is 44.2 Å². The van der Waals surface area contributed by atoms with E-state index in [0.717, 1.165) is 44.9 Å². The highest BCUT2D eigenvalue weighted by Crippen LogP contribution is 2.27. The standard InChI is InChI=1S/C22H34N4O2/c1-18(27)23-17-22(28)24-20-9-7-19(8-10-20)11-12-25-13-15-26(16-14-25)21-5-3-2-4-6-21/h2-6,19-20H,7-17H2,1H3,(H,23,27)(H,24,28). The van der Waals surface area contributed by atoms with Crippen molar-refractivity contribution in [3.8, 4) is 0 Å². The summed E-state index contributed by atoms with van der Waals surface area (Å²) in [6.07, 6.45) is 5.75. The molecule has 1 saturated carbocycles. The van der Waals surface area contributed by atoms with Gasteiger partial charge in [-0.05, 0) is 56.7 Å². The Labute approximate surface area is 168 Å². The van der Waals surface area contributed by atoms with E-state index in [1.807, 2.05) is 0 Å². The number of benzene rings is 1. The van der Waals surface area contributed by atoms with E-state index in [4.69, 9.17) is 0 Å². The molecule has 1 aliphatic carbocycles. The molecule has 6 heteroatoms. The summed E-state index contributed by atoms with van der Waals surface area (Å²) in [7, 11) is 0. The summed E-state index contributed by atoms with van der Waals surface area (Å²) in [5, 5.41) is 5.60. The number of carbonyl (C=O) groups excluding carboxylic acids is 2. The Morgan fingerprint density at radius 2 is 1.68 bits per heavy atom. The van der Waals surface area contributed by atoms with E-state index in [9.17, 15) is 9.59 Å². The topological polar surface area (TPSA) is 64.7 Å². The summed E-state index contributed by atoms with van der Waals surface area (Å²) in [6.45, 7) is 7.21. The van der Waals surface area contributed by atoms with Gasteiger partial charge in [0.15, 0.2) is 0 Å². The number of para-hydroxylation sites is 1. The fourth-order valence-corrected chi connectivity index (χ4v) is 4.31. The largest absolute Gasteiger partial charge is 0.369 e. The summed E-state index contributed by atoms with van der Waals surface area (Å²) in [4.78, 5) is 27.8. The first-order valence-corrected chi connectivity index (χ1v) is 10.7. The molecule has 154 valence electrons. The van der Waals surface area contributed by atoms with Gasteiger partial charge in [0.1, 0.15) is 0 Å². The zero-order valence-electron chi connectivity index (χ0n) is 17.0. The fourth-order valence-electron chi connectivity index (χ4n) is 4.31. The van der Waals surface area contributed by atoms with Gasteiger partial charge < -0.3 is 15.5 Å². The lowest BCUT2D eigenvalue weighted by Gasteiger charge is -2.37. The lowest BCUT2D eigenvalue weighted by Crippen LogP contribution is -2.47. The van der Waals surface area contributed by atoms with E-state index in [1.54, 1.807) is 0 Å². The van der Waals surface area contributed by atoms with E-state index in [-0.39, 0.29) is 24.4 Å². The Morgan fingerprint density at radius 1 is 1.00 bits per heavy atom. The van der Waals surface area contributed by atoms with Crippen molar-refractivity contribution in [2.24, 2.45) is 5.92 Å². The maximum absolute atomic E-state index is 11.8. The molecule has 2 amide bonds. The van der Waals surface area contributed by atoms with E-state index >= 15 is 0 Å². The Kier molecular flexibility index (Phi) is 7.71. The summed E-state index contributed by atoms with van der Waals surface area (Å²) < 4.78 is 0. The summed E-state index contributed by atoms with van der Waals surface area (Å²) >= 11 is 0. The van der Waals surface area contributed by atoms with Crippen molar-refractivity contribution in [1.29, 1.82) is 0 Å². The number of hydrogen-bond donors (Lipinski definition) is 2. The predicted molar refractivity (Wildman–Crippen MR) is 112 cm³/mol. The van der Waals surface area contributed by atoms with Crippen LogP contribution in [0.5, 0.6) is 0 Å². The minimum absolute atomic E-state index is 0.0741.